The number of hydrogen-bond donors (Lipinski definition) is 0. The number of rotatable bonds is 4. The minimum atomic E-state index is 0.538. The van der Waals surface area contributed by atoms with E-state index in [0.29, 0.717) is 11.7 Å². The maximum Gasteiger partial charge on any atom is 0.128 e. The van der Waals surface area contributed by atoms with Gasteiger partial charge >= 0.3 is 0 Å². The molecule has 0 atom stereocenters. The van der Waals surface area contributed by atoms with E-state index in [0.717, 1.165) is 21.1 Å². The second-order valence-electron chi connectivity index (χ2n) is 5.68. The number of terminal acetylenes is 1. The summed E-state index contributed by atoms with van der Waals surface area (Å²) in [7, 11) is 0. The third-order valence-corrected chi connectivity index (χ3v) is 5.44. The Morgan fingerprint density at radius 3 is 2.61 bits per heavy atom. The fourth-order valence-corrected chi connectivity index (χ4v) is 4.31. The average molecular weight is 339 g/mol. The summed E-state index contributed by atoms with van der Waals surface area (Å²) in [5.74, 6) is 4.63. The van der Waals surface area contributed by atoms with E-state index < -0.39 is 0 Å². The number of benzene rings is 1. The summed E-state index contributed by atoms with van der Waals surface area (Å²) in [5, 5.41) is 4.27. The quantitative estimate of drug-likeness (QED) is 0.356. The first-order valence-electron chi connectivity index (χ1n) is 7.52. The molecule has 0 aliphatic heterocycles. The lowest BCUT2D eigenvalue weighted by molar-refractivity contribution is 0.867. The van der Waals surface area contributed by atoms with E-state index in [1.54, 1.807) is 23.1 Å². The third-order valence-electron chi connectivity index (χ3n) is 3.69. The van der Waals surface area contributed by atoms with Crippen molar-refractivity contribution in [2.75, 3.05) is 5.75 Å². The van der Waals surface area contributed by atoms with Crippen molar-refractivity contribution >= 4 is 33.3 Å². The lowest BCUT2D eigenvalue weighted by Crippen LogP contribution is -1.92. The largest absolute Gasteiger partial charge is 0.226 e. The number of thiophene rings is 1. The molecule has 1 aromatic carbocycles. The van der Waals surface area contributed by atoms with Gasteiger partial charge in [0, 0.05) is 10.9 Å². The Labute approximate surface area is 145 Å². The maximum atomic E-state index is 5.42. The van der Waals surface area contributed by atoms with Crippen LogP contribution in [0.1, 0.15) is 31.2 Å². The molecule has 0 amide bonds. The number of aromatic nitrogens is 2. The molecule has 2 aromatic heterocycles. The topological polar surface area (TPSA) is 25.8 Å². The predicted molar refractivity (Wildman–Crippen MR) is 101 cm³/mol. The highest BCUT2D eigenvalue weighted by molar-refractivity contribution is 7.99. The van der Waals surface area contributed by atoms with Gasteiger partial charge < -0.3 is 0 Å². The predicted octanol–water partition coefficient (Wildman–Crippen LogP) is 5.52. The summed E-state index contributed by atoms with van der Waals surface area (Å²) >= 11 is 3.27. The molecule has 0 saturated heterocycles. The van der Waals surface area contributed by atoms with E-state index >= 15 is 0 Å². The number of hydrogen-bond acceptors (Lipinski definition) is 4. The van der Waals surface area contributed by atoms with Crippen molar-refractivity contribution in [1.29, 1.82) is 0 Å². The fourth-order valence-electron chi connectivity index (χ4n) is 2.49. The van der Waals surface area contributed by atoms with Crippen LogP contribution in [-0.4, -0.2) is 15.7 Å². The van der Waals surface area contributed by atoms with Gasteiger partial charge in [-0.1, -0.05) is 55.8 Å². The van der Waals surface area contributed by atoms with Crippen molar-refractivity contribution in [2.24, 2.45) is 0 Å². The molecular weight excluding hydrogens is 320 g/mol. The van der Waals surface area contributed by atoms with Crippen molar-refractivity contribution in [3.05, 3.63) is 41.0 Å². The molecule has 3 aromatic rings. The third kappa shape index (κ3) is 3.26. The fraction of sp³-hybridized carbons (Fsp3) is 0.263. The molecule has 0 aliphatic carbocycles. The number of fused-ring (bicyclic) bond motifs is 1. The first-order chi connectivity index (χ1) is 11.1. The Bertz CT molecular complexity index is 871. The van der Waals surface area contributed by atoms with Gasteiger partial charge in [0.25, 0.3) is 0 Å². The highest BCUT2D eigenvalue weighted by Crippen LogP contribution is 2.38. The van der Waals surface area contributed by atoms with Gasteiger partial charge in [0.2, 0.25) is 0 Å². The molecule has 0 fully saturated rings. The van der Waals surface area contributed by atoms with Crippen LogP contribution in [0.15, 0.2) is 34.7 Å². The van der Waals surface area contributed by atoms with Crippen LogP contribution in [0.4, 0.5) is 0 Å². The van der Waals surface area contributed by atoms with Crippen LogP contribution in [0.5, 0.6) is 0 Å². The molecule has 0 aliphatic rings. The van der Waals surface area contributed by atoms with Crippen LogP contribution in [0.2, 0.25) is 0 Å². The van der Waals surface area contributed by atoms with Crippen molar-refractivity contribution in [1.82, 2.24) is 9.97 Å². The molecule has 0 unspecified atom stereocenters. The zero-order valence-electron chi connectivity index (χ0n) is 13.5. The minimum absolute atomic E-state index is 0.538. The Kier molecular flexibility index (Phi) is 4.70. The normalized spacial score (nSPS) is 11.1. The molecule has 0 bridgehead atoms. The van der Waals surface area contributed by atoms with Crippen LogP contribution in [0.3, 0.4) is 0 Å². The van der Waals surface area contributed by atoms with E-state index in [1.807, 2.05) is 6.92 Å². The molecule has 3 rings (SSSR count). The molecule has 23 heavy (non-hydrogen) atoms. The number of thioether (sulfide) groups is 1. The van der Waals surface area contributed by atoms with Gasteiger partial charge in [0.05, 0.1) is 11.1 Å². The van der Waals surface area contributed by atoms with Gasteiger partial charge in [-0.15, -0.1) is 17.8 Å². The van der Waals surface area contributed by atoms with E-state index in [-0.39, 0.29) is 0 Å². The average Bonchev–Trinajstić information content (AvgIpc) is 2.96. The SMILES string of the molecule is C#CCSc1nc(C)nc2scc(-c3ccc(C(C)C)cc3)c12. The second-order valence-corrected chi connectivity index (χ2v) is 7.50. The molecule has 0 radical (unpaired) electrons. The molecule has 0 N–H and O–H groups in total. The Morgan fingerprint density at radius 1 is 1.22 bits per heavy atom. The van der Waals surface area contributed by atoms with Crippen LogP contribution >= 0.6 is 23.1 Å². The van der Waals surface area contributed by atoms with Crippen LogP contribution in [0.25, 0.3) is 21.3 Å². The van der Waals surface area contributed by atoms with Crippen LogP contribution in [-0.2, 0) is 0 Å². The second kappa shape index (κ2) is 6.74. The standard InChI is InChI=1S/C19H18N2S2/c1-5-10-22-18-17-16(11-23-19(17)21-13(4)20-18)15-8-6-14(7-9-15)12(2)3/h1,6-9,11-12H,10H2,2-4H3. The monoisotopic (exact) mass is 338 g/mol. The van der Waals surface area contributed by atoms with Gasteiger partial charge in [-0.3, -0.25) is 0 Å². The van der Waals surface area contributed by atoms with Crippen LogP contribution in [0, 0.1) is 19.3 Å². The Hall–Kier alpha value is -1.83. The zero-order chi connectivity index (χ0) is 16.4. The molecule has 2 nitrogen and oxygen atoms in total. The summed E-state index contributed by atoms with van der Waals surface area (Å²) in [4.78, 5) is 10.2. The van der Waals surface area contributed by atoms with Crippen molar-refractivity contribution in [3.8, 4) is 23.5 Å². The first kappa shape index (κ1) is 16.0. The van der Waals surface area contributed by atoms with Gasteiger partial charge in [-0.25, -0.2) is 9.97 Å². The summed E-state index contributed by atoms with van der Waals surface area (Å²) in [6.07, 6.45) is 5.42. The summed E-state index contributed by atoms with van der Waals surface area (Å²) < 4.78 is 0. The lowest BCUT2D eigenvalue weighted by atomic mass is 9.99. The summed E-state index contributed by atoms with van der Waals surface area (Å²) in [6.45, 7) is 6.34. The minimum Gasteiger partial charge on any atom is -0.226 e. The van der Waals surface area contributed by atoms with Gasteiger partial charge in [0.15, 0.2) is 0 Å². The number of nitrogens with zero attached hydrogens (tertiary/aromatic N) is 2. The Morgan fingerprint density at radius 2 is 1.96 bits per heavy atom. The molecule has 0 saturated carbocycles. The molecule has 116 valence electrons. The highest BCUT2D eigenvalue weighted by atomic mass is 32.2. The zero-order valence-corrected chi connectivity index (χ0v) is 15.1. The molecule has 0 spiro atoms. The first-order valence-corrected chi connectivity index (χ1v) is 9.39. The van der Waals surface area contributed by atoms with Crippen molar-refractivity contribution in [2.45, 2.75) is 31.7 Å². The van der Waals surface area contributed by atoms with Gasteiger partial charge in [-0.2, -0.15) is 0 Å². The van der Waals surface area contributed by atoms with E-state index in [2.05, 4.69) is 59.4 Å². The van der Waals surface area contributed by atoms with Crippen molar-refractivity contribution < 1.29 is 0 Å². The van der Waals surface area contributed by atoms with Gasteiger partial charge in [-0.05, 0) is 24.0 Å². The summed E-state index contributed by atoms with van der Waals surface area (Å²) in [6, 6.07) is 8.78. The maximum absolute atomic E-state index is 5.42. The molecular formula is C19H18N2S2. The van der Waals surface area contributed by atoms with E-state index in [4.69, 9.17) is 6.42 Å². The van der Waals surface area contributed by atoms with Crippen LogP contribution < -0.4 is 0 Å². The summed E-state index contributed by atoms with van der Waals surface area (Å²) in [5.41, 5.74) is 3.75. The number of aryl methyl sites for hydroxylation is 1. The van der Waals surface area contributed by atoms with Crippen molar-refractivity contribution in [3.63, 3.8) is 0 Å². The smallest absolute Gasteiger partial charge is 0.128 e. The van der Waals surface area contributed by atoms with E-state index in [9.17, 15) is 0 Å². The molecule has 4 heteroatoms. The Balaban J connectivity index is 2.12. The van der Waals surface area contributed by atoms with Gasteiger partial charge in [0.1, 0.15) is 15.7 Å². The van der Waals surface area contributed by atoms with E-state index in [1.165, 1.54) is 16.7 Å². The molecule has 2 heterocycles. The highest BCUT2D eigenvalue weighted by Gasteiger charge is 2.14. The lowest BCUT2D eigenvalue weighted by Gasteiger charge is -2.08.